The summed E-state index contributed by atoms with van der Waals surface area (Å²) in [6.07, 6.45) is 2.31. The molecule has 1 aliphatic rings. The van der Waals surface area contributed by atoms with Gasteiger partial charge in [0.15, 0.2) is 0 Å². The second kappa shape index (κ2) is 6.36. The highest BCUT2D eigenvalue weighted by atomic mass is 35.5. The van der Waals surface area contributed by atoms with Gasteiger partial charge in [0.05, 0.1) is 10.6 Å². The molecule has 2 aromatic rings. The maximum atomic E-state index is 13.3. The molecule has 6 heteroatoms. The first-order valence-corrected chi connectivity index (χ1v) is 8.36. The van der Waals surface area contributed by atoms with Gasteiger partial charge in [-0.25, -0.2) is 4.39 Å². The predicted octanol–water partition coefficient (Wildman–Crippen LogP) is 3.88. The van der Waals surface area contributed by atoms with Crippen molar-refractivity contribution in [2.45, 2.75) is 25.4 Å². The molecule has 1 aromatic carbocycles. The number of hydrogen-bond acceptors (Lipinski definition) is 3. The van der Waals surface area contributed by atoms with Gasteiger partial charge < -0.3 is 11.1 Å². The molecule has 1 heterocycles. The van der Waals surface area contributed by atoms with E-state index in [0.29, 0.717) is 18.0 Å². The Morgan fingerprint density at radius 1 is 1.45 bits per heavy atom. The van der Waals surface area contributed by atoms with Crippen LogP contribution in [0.4, 0.5) is 4.39 Å². The van der Waals surface area contributed by atoms with Crippen LogP contribution in [0.15, 0.2) is 29.6 Å². The summed E-state index contributed by atoms with van der Waals surface area (Å²) in [5.41, 5.74) is 6.80. The molecule has 116 valence electrons. The standard InChI is InChI=1S/C16H16ClFN2OS/c17-13-6-10(3-4-14(13)18)15(9-1-2-9)20-7-12-5-11(8-22-12)16(19)21/h3-6,8-9,15,20H,1-2,7H2,(H2,19,21). The van der Waals surface area contributed by atoms with E-state index in [1.54, 1.807) is 17.5 Å². The van der Waals surface area contributed by atoms with E-state index in [2.05, 4.69) is 5.32 Å². The molecule has 1 aliphatic carbocycles. The van der Waals surface area contributed by atoms with Crippen LogP contribution in [-0.2, 0) is 6.54 Å². The molecule has 0 radical (unpaired) electrons. The molecule has 1 saturated carbocycles. The predicted molar refractivity (Wildman–Crippen MR) is 86.6 cm³/mol. The van der Waals surface area contributed by atoms with Crippen molar-refractivity contribution in [3.8, 4) is 0 Å². The zero-order valence-corrected chi connectivity index (χ0v) is 13.4. The fraction of sp³-hybridized carbons (Fsp3) is 0.312. The summed E-state index contributed by atoms with van der Waals surface area (Å²) in [6.45, 7) is 0.647. The first-order chi connectivity index (χ1) is 10.5. The number of rotatable bonds is 6. The number of halogens is 2. The Labute approximate surface area is 137 Å². The van der Waals surface area contributed by atoms with E-state index >= 15 is 0 Å². The highest BCUT2D eigenvalue weighted by Gasteiger charge is 2.32. The fourth-order valence-corrected chi connectivity index (χ4v) is 3.52. The summed E-state index contributed by atoms with van der Waals surface area (Å²) >= 11 is 7.39. The van der Waals surface area contributed by atoms with Crippen LogP contribution in [0.5, 0.6) is 0 Å². The maximum Gasteiger partial charge on any atom is 0.249 e. The van der Waals surface area contributed by atoms with Crippen LogP contribution in [0.3, 0.4) is 0 Å². The average molecular weight is 339 g/mol. The van der Waals surface area contributed by atoms with Crippen LogP contribution in [0.2, 0.25) is 5.02 Å². The smallest absolute Gasteiger partial charge is 0.249 e. The van der Waals surface area contributed by atoms with Crippen LogP contribution in [0.1, 0.15) is 39.7 Å². The average Bonchev–Trinajstić information content (AvgIpc) is 3.20. The van der Waals surface area contributed by atoms with Crippen molar-refractivity contribution in [2.24, 2.45) is 11.7 Å². The van der Waals surface area contributed by atoms with Gasteiger partial charge in [-0.3, -0.25) is 4.79 Å². The molecule has 1 atom stereocenters. The normalized spacial score (nSPS) is 15.7. The number of thiophene rings is 1. The molecule has 1 fully saturated rings. The van der Waals surface area contributed by atoms with Gasteiger partial charge in [0.25, 0.3) is 0 Å². The minimum Gasteiger partial charge on any atom is -0.366 e. The lowest BCUT2D eigenvalue weighted by Crippen LogP contribution is -2.22. The zero-order valence-electron chi connectivity index (χ0n) is 11.8. The van der Waals surface area contributed by atoms with Crippen molar-refractivity contribution >= 4 is 28.8 Å². The minimum absolute atomic E-state index is 0.150. The van der Waals surface area contributed by atoms with Crippen molar-refractivity contribution in [2.75, 3.05) is 0 Å². The minimum atomic E-state index is -0.411. The highest BCUT2D eigenvalue weighted by molar-refractivity contribution is 7.10. The Morgan fingerprint density at radius 3 is 2.82 bits per heavy atom. The molecule has 22 heavy (non-hydrogen) atoms. The van der Waals surface area contributed by atoms with E-state index in [0.717, 1.165) is 23.3 Å². The number of nitrogens with one attached hydrogen (secondary N) is 1. The summed E-state index contributed by atoms with van der Waals surface area (Å²) in [5.74, 6) is -0.256. The number of carbonyl (C=O) groups is 1. The second-order valence-corrected chi connectivity index (χ2v) is 6.94. The molecule has 1 unspecified atom stereocenters. The lowest BCUT2D eigenvalue weighted by molar-refractivity contribution is 0.100. The number of amides is 1. The maximum absolute atomic E-state index is 13.3. The highest BCUT2D eigenvalue weighted by Crippen LogP contribution is 2.41. The second-order valence-electron chi connectivity index (χ2n) is 5.54. The van der Waals surface area contributed by atoms with Gasteiger partial charge >= 0.3 is 0 Å². The van der Waals surface area contributed by atoms with Gasteiger partial charge in [0.1, 0.15) is 5.82 Å². The van der Waals surface area contributed by atoms with Crippen LogP contribution < -0.4 is 11.1 Å². The number of benzene rings is 1. The van der Waals surface area contributed by atoms with E-state index in [-0.39, 0.29) is 11.1 Å². The molecular formula is C16H16ClFN2OS. The van der Waals surface area contributed by atoms with Crippen molar-refractivity contribution in [3.63, 3.8) is 0 Å². The van der Waals surface area contributed by atoms with Crippen LogP contribution in [0, 0.1) is 11.7 Å². The molecule has 0 bridgehead atoms. The van der Waals surface area contributed by atoms with Crippen LogP contribution in [-0.4, -0.2) is 5.91 Å². The lowest BCUT2D eigenvalue weighted by Gasteiger charge is -2.19. The molecule has 0 saturated heterocycles. The first kappa shape index (κ1) is 15.5. The number of hydrogen-bond donors (Lipinski definition) is 2. The van der Waals surface area contributed by atoms with Crippen molar-refractivity contribution in [1.82, 2.24) is 5.32 Å². The summed E-state index contributed by atoms with van der Waals surface area (Å²) < 4.78 is 13.3. The molecule has 3 rings (SSSR count). The van der Waals surface area contributed by atoms with Gasteiger partial charge in [-0.15, -0.1) is 11.3 Å². The molecule has 0 aliphatic heterocycles. The van der Waals surface area contributed by atoms with Crippen molar-refractivity contribution in [1.29, 1.82) is 0 Å². The molecule has 1 amide bonds. The summed E-state index contributed by atoms with van der Waals surface area (Å²) in [5, 5.41) is 5.40. The number of nitrogens with two attached hydrogens (primary N) is 1. The summed E-state index contributed by atoms with van der Waals surface area (Å²) in [7, 11) is 0. The number of carbonyl (C=O) groups excluding carboxylic acids is 1. The van der Waals surface area contributed by atoms with E-state index in [1.165, 1.54) is 17.4 Å². The topological polar surface area (TPSA) is 55.1 Å². The van der Waals surface area contributed by atoms with Crippen molar-refractivity contribution < 1.29 is 9.18 Å². The first-order valence-electron chi connectivity index (χ1n) is 7.10. The van der Waals surface area contributed by atoms with Gasteiger partial charge in [-0.2, -0.15) is 0 Å². The third-order valence-electron chi connectivity index (χ3n) is 3.83. The Hall–Kier alpha value is -1.43. The SMILES string of the molecule is NC(=O)c1csc(CNC(c2ccc(F)c(Cl)c2)C2CC2)c1. The Bertz CT molecular complexity index is 699. The van der Waals surface area contributed by atoms with Crippen molar-refractivity contribution in [3.05, 3.63) is 56.5 Å². The zero-order chi connectivity index (χ0) is 15.7. The van der Waals surface area contributed by atoms with E-state index in [9.17, 15) is 9.18 Å². The van der Waals surface area contributed by atoms with E-state index < -0.39 is 11.7 Å². The lowest BCUT2D eigenvalue weighted by atomic mass is 10.0. The summed E-state index contributed by atoms with van der Waals surface area (Å²) in [6, 6.07) is 6.83. The quantitative estimate of drug-likeness (QED) is 0.839. The Balaban J connectivity index is 1.71. The molecule has 1 aromatic heterocycles. The largest absolute Gasteiger partial charge is 0.366 e. The number of primary amides is 1. The molecular weight excluding hydrogens is 323 g/mol. The van der Waals surface area contributed by atoms with Gasteiger partial charge in [0.2, 0.25) is 5.91 Å². The Morgan fingerprint density at radius 2 is 2.23 bits per heavy atom. The third-order valence-corrected chi connectivity index (χ3v) is 5.06. The molecule has 3 nitrogen and oxygen atoms in total. The molecule has 0 spiro atoms. The summed E-state index contributed by atoms with van der Waals surface area (Å²) in [4.78, 5) is 12.2. The van der Waals surface area contributed by atoms with Gasteiger partial charge in [-0.05, 0) is 42.5 Å². The van der Waals surface area contributed by atoms with Crippen LogP contribution >= 0.6 is 22.9 Å². The molecule has 3 N–H and O–H groups in total. The van der Waals surface area contributed by atoms with E-state index in [4.69, 9.17) is 17.3 Å². The monoisotopic (exact) mass is 338 g/mol. The van der Waals surface area contributed by atoms with E-state index in [1.807, 2.05) is 6.07 Å². The van der Waals surface area contributed by atoms with Gasteiger partial charge in [0, 0.05) is 22.8 Å². The fourth-order valence-electron chi connectivity index (χ4n) is 2.51. The third kappa shape index (κ3) is 3.48. The van der Waals surface area contributed by atoms with Crippen LogP contribution in [0.25, 0.3) is 0 Å². The van der Waals surface area contributed by atoms with Gasteiger partial charge in [-0.1, -0.05) is 17.7 Å². The Kier molecular flexibility index (Phi) is 4.47.